The molecule has 0 amide bonds. The van der Waals surface area contributed by atoms with Crippen molar-refractivity contribution < 1.29 is 17.9 Å². The van der Waals surface area contributed by atoms with Crippen LogP contribution in [0, 0.1) is 0 Å². The van der Waals surface area contributed by atoms with E-state index in [1.165, 1.54) is 18.3 Å². The van der Waals surface area contributed by atoms with Crippen LogP contribution in [0.15, 0.2) is 88.9 Å². The highest BCUT2D eigenvalue weighted by Gasteiger charge is 2.11. The van der Waals surface area contributed by atoms with Crippen molar-refractivity contribution in [2.45, 2.75) is 18.4 Å². The number of sulfonamides is 1. The summed E-state index contributed by atoms with van der Waals surface area (Å²) in [5.41, 5.74) is 1.73. The van der Waals surface area contributed by atoms with E-state index in [1.54, 1.807) is 36.4 Å². The quantitative estimate of drug-likeness (QED) is 0.428. The fraction of sp³-hybridized carbons (Fsp3) is 0.136. The van der Waals surface area contributed by atoms with Gasteiger partial charge >= 0.3 is 0 Å². The van der Waals surface area contributed by atoms with E-state index in [2.05, 4.69) is 9.93 Å². The van der Waals surface area contributed by atoms with Gasteiger partial charge in [-0.3, -0.25) is 0 Å². The van der Waals surface area contributed by atoms with E-state index in [9.17, 15) is 8.42 Å². The Morgan fingerprint density at radius 2 is 1.59 bits per heavy atom. The molecule has 0 saturated carbocycles. The summed E-state index contributed by atoms with van der Waals surface area (Å²) >= 11 is 0. The Kier molecular flexibility index (Phi) is 6.86. The number of nitrogens with one attached hydrogen (secondary N) is 1. The summed E-state index contributed by atoms with van der Waals surface area (Å²) in [6, 6.07) is 23.2. The molecule has 3 rings (SSSR count). The molecule has 3 aromatic carbocycles. The first-order chi connectivity index (χ1) is 14.1. The van der Waals surface area contributed by atoms with E-state index in [0.29, 0.717) is 30.3 Å². The van der Waals surface area contributed by atoms with Crippen molar-refractivity contribution in [3.63, 3.8) is 0 Å². The fourth-order valence-electron chi connectivity index (χ4n) is 2.55. The topological polar surface area (TPSA) is 77.0 Å². The average molecular weight is 410 g/mol. The summed E-state index contributed by atoms with van der Waals surface area (Å²) in [6.07, 6.45) is 1.42. The third kappa shape index (κ3) is 5.83. The predicted octanol–water partition coefficient (Wildman–Crippen LogP) is 3.98. The zero-order valence-corrected chi connectivity index (χ0v) is 16.8. The van der Waals surface area contributed by atoms with Crippen LogP contribution in [0.25, 0.3) is 0 Å². The lowest BCUT2D eigenvalue weighted by atomic mass is 10.2. The maximum absolute atomic E-state index is 12.2. The summed E-state index contributed by atoms with van der Waals surface area (Å²) in [4.78, 5) is 2.36. The SMILES string of the molecule is CCOc1cc(/C=N/NS(=O)(=O)c2ccccc2)ccc1OCc1ccccc1. The number of hydrazone groups is 1. The Balaban J connectivity index is 1.70. The summed E-state index contributed by atoms with van der Waals surface area (Å²) in [5, 5.41) is 3.85. The Labute approximate surface area is 170 Å². The number of hydrogen-bond acceptors (Lipinski definition) is 5. The van der Waals surface area contributed by atoms with Crippen LogP contribution in [0.5, 0.6) is 11.5 Å². The molecule has 0 heterocycles. The van der Waals surface area contributed by atoms with Gasteiger partial charge < -0.3 is 9.47 Å². The van der Waals surface area contributed by atoms with Crippen LogP contribution in [0.3, 0.4) is 0 Å². The molecule has 3 aromatic rings. The standard InChI is InChI=1S/C22H22N2O4S/c1-2-27-22-15-19(13-14-21(22)28-17-18-9-5-3-6-10-18)16-23-24-29(25,26)20-11-7-4-8-12-20/h3-16,24H,2,17H2,1H3/b23-16+. The monoisotopic (exact) mass is 410 g/mol. The fourth-order valence-corrected chi connectivity index (χ4v) is 3.36. The van der Waals surface area contributed by atoms with Gasteiger partial charge in [-0.05, 0) is 48.4 Å². The Bertz CT molecular complexity index is 1050. The van der Waals surface area contributed by atoms with Crippen molar-refractivity contribution >= 4 is 16.2 Å². The van der Waals surface area contributed by atoms with Gasteiger partial charge in [0.15, 0.2) is 11.5 Å². The maximum atomic E-state index is 12.2. The number of ether oxygens (including phenoxy) is 2. The van der Waals surface area contributed by atoms with Gasteiger partial charge in [0.1, 0.15) is 6.61 Å². The Hall–Kier alpha value is -3.32. The van der Waals surface area contributed by atoms with Crippen molar-refractivity contribution in [2.75, 3.05) is 6.61 Å². The normalized spacial score (nSPS) is 11.3. The molecule has 0 spiro atoms. The third-order valence-electron chi connectivity index (χ3n) is 3.94. The van der Waals surface area contributed by atoms with Crippen molar-refractivity contribution in [3.8, 4) is 11.5 Å². The molecule has 0 fully saturated rings. The molecule has 0 radical (unpaired) electrons. The minimum Gasteiger partial charge on any atom is -0.490 e. The first-order valence-corrected chi connectivity index (χ1v) is 10.6. The van der Waals surface area contributed by atoms with E-state index in [4.69, 9.17) is 9.47 Å². The molecule has 0 unspecified atom stereocenters. The second kappa shape index (κ2) is 9.75. The molecule has 0 aliphatic rings. The van der Waals surface area contributed by atoms with E-state index in [-0.39, 0.29) is 4.90 Å². The Morgan fingerprint density at radius 3 is 2.28 bits per heavy atom. The number of benzene rings is 3. The minimum atomic E-state index is -3.70. The van der Waals surface area contributed by atoms with Crippen LogP contribution in [0.4, 0.5) is 0 Å². The molecule has 0 aromatic heterocycles. The second-order valence-corrected chi connectivity index (χ2v) is 7.74. The van der Waals surface area contributed by atoms with Crippen molar-refractivity contribution in [2.24, 2.45) is 5.10 Å². The van der Waals surface area contributed by atoms with Crippen molar-refractivity contribution in [1.29, 1.82) is 0 Å². The molecular formula is C22H22N2O4S. The summed E-state index contributed by atoms with van der Waals surface area (Å²) < 4.78 is 35.9. The van der Waals surface area contributed by atoms with Gasteiger partial charge in [0.25, 0.3) is 10.0 Å². The first-order valence-electron chi connectivity index (χ1n) is 9.12. The van der Waals surface area contributed by atoms with Gasteiger partial charge in [-0.2, -0.15) is 13.5 Å². The minimum absolute atomic E-state index is 0.150. The van der Waals surface area contributed by atoms with Crippen LogP contribution in [0.1, 0.15) is 18.1 Å². The molecule has 0 aliphatic carbocycles. The van der Waals surface area contributed by atoms with Gasteiger partial charge in [-0.1, -0.05) is 48.5 Å². The average Bonchev–Trinajstić information content (AvgIpc) is 2.75. The molecule has 150 valence electrons. The van der Waals surface area contributed by atoms with Crippen LogP contribution < -0.4 is 14.3 Å². The third-order valence-corrected chi connectivity index (χ3v) is 5.18. The highest BCUT2D eigenvalue weighted by atomic mass is 32.2. The lowest BCUT2D eigenvalue weighted by Crippen LogP contribution is -2.18. The summed E-state index contributed by atoms with van der Waals surface area (Å²) in [7, 11) is -3.70. The molecule has 29 heavy (non-hydrogen) atoms. The van der Waals surface area contributed by atoms with Gasteiger partial charge in [-0.25, -0.2) is 4.83 Å². The molecule has 7 heteroatoms. The number of rotatable bonds is 9. The zero-order valence-electron chi connectivity index (χ0n) is 16.0. The van der Waals surface area contributed by atoms with Gasteiger partial charge in [0.2, 0.25) is 0 Å². The molecule has 1 N–H and O–H groups in total. The molecule has 0 atom stereocenters. The van der Waals surface area contributed by atoms with Crippen LogP contribution in [-0.2, 0) is 16.6 Å². The molecular weight excluding hydrogens is 388 g/mol. The van der Waals surface area contributed by atoms with Crippen molar-refractivity contribution in [1.82, 2.24) is 4.83 Å². The maximum Gasteiger partial charge on any atom is 0.276 e. The highest BCUT2D eigenvalue weighted by molar-refractivity contribution is 7.89. The van der Waals surface area contributed by atoms with Crippen molar-refractivity contribution in [3.05, 3.63) is 90.0 Å². The second-order valence-electron chi connectivity index (χ2n) is 6.08. The molecule has 0 saturated heterocycles. The van der Waals surface area contributed by atoms with Crippen LogP contribution >= 0.6 is 0 Å². The number of nitrogens with zero attached hydrogens (tertiary/aromatic N) is 1. The van der Waals surface area contributed by atoms with Crippen LogP contribution in [-0.4, -0.2) is 21.2 Å². The summed E-state index contributed by atoms with van der Waals surface area (Å²) in [5.74, 6) is 1.18. The van der Waals surface area contributed by atoms with Gasteiger partial charge in [0.05, 0.1) is 17.7 Å². The largest absolute Gasteiger partial charge is 0.490 e. The van der Waals surface area contributed by atoms with Gasteiger partial charge in [0, 0.05) is 0 Å². The van der Waals surface area contributed by atoms with E-state index in [1.807, 2.05) is 37.3 Å². The number of hydrogen-bond donors (Lipinski definition) is 1. The van der Waals surface area contributed by atoms with E-state index >= 15 is 0 Å². The first kappa shape index (κ1) is 20.4. The molecule has 6 nitrogen and oxygen atoms in total. The van der Waals surface area contributed by atoms with Gasteiger partial charge in [-0.15, -0.1) is 0 Å². The predicted molar refractivity (Wildman–Crippen MR) is 113 cm³/mol. The lowest BCUT2D eigenvalue weighted by molar-refractivity contribution is 0.269. The molecule has 0 aliphatic heterocycles. The van der Waals surface area contributed by atoms with Crippen LogP contribution in [0.2, 0.25) is 0 Å². The molecule has 0 bridgehead atoms. The smallest absolute Gasteiger partial charge is 0.276 e. The summed E-state index contributed by atoms with van der Waals surface area (Å²) in [6.45, 7) is 2.78. The highest BCUT2D eigenvalue weighted by Crippen LogP contribution is 2.29. The zero-order chi connectivity index (χ0) is 20.5. The van der Waals surface area contributed by atoms with E-state index in [0.717, 1.165) is 5.56 Å². The van der Waals surface area contributed by atoms with E-state index < -0.39 is 10.0 Å². The Morgan fingerprint density at radius 1 is 0.897 bits per heavy atom. The lowest BCUT2D eigenvalue weighted by Gasteiger charge is -2.12.